The Morgan fingerprint density at radius 3 is 2.44 bits per heavy atom. The number of benzene rings is 2. The Morgan fingerprint density at radius 2 is 1.76 bits per heavy atom. The summed E-state index contributed by atoms with van der Waals surface area (Å²) in [6.45, 7) is 0.227. The fourth-order valence-electron chi connectivity index (χ4n) is 2.60. The Balaban J connectivity index is 2.04. The van der Waals surface area contributed by atoms with Gasteiger partial charge in [0.15, 0.2) is 12.8 Å². The molecule has 1 aromatic heterocycles. The van der Waals surface area contributed by atoms with Crippen molar-refractivity contribution in [3.63, 3.8) is 0 Å². The molecule has 128 valence electrons. The number of hydrogen-bond acceptors (Lipinski definition) is 4. The molecule has 5 nitrogen and oxygen atoms in total. The van der Waals surface area contributed by atoms with Crippen LogP contribution in [0.2, 0.25) is 5.15 Å². The van der Waals surface area contributed by atoms with E-state index in [1.54, 1.807) is 32.4 Å². The highest BCUT2D eigenvalue weighted by Crippen LogP contribution is 2.33. The van der Waals surface area contributed by atoms with Gasteiger partial charge in [-0.1, -0.05) is 41.9 Å². The van der Waals surface area contributed by atoms with E-state index in [9.17, 15) is 5.21 Å². The third-order valence-corrected chi connectivity index (χ3v) is 4.09. The number of methoxy groups -OCH3 is 2. The Hall–Kier alpha value is -2.79. The van der Waals surface area contributed by atoms with Crippen molar-refractivity contribution < 1.29 is 14.2 Å². The lowest BCUT2D eigenvalue weighted by atomic mass is 10.1. The Kier molecular flexibility index (Phi) is 5.05. The molecule has 0 aliphatic carbocycles. The van der Waals surface area contributed by atoms with Crippen LogP contribution in [-0.2, 0) is 6.54 Å². The van der Waals surface area contributed by atoms with Crippen molar-refractivity contribution in [1.82, 2.24) is 4.98 Å². The normalized spacial score (nSPS) is 11.6. The van der Waals surface area contributed by atoms with E-state index in [1.807, 2.05) is 30.3 Å². The summed E-state index contributed by atoms with van der Waals surface area (Å²) in [4.78, 5) is 4.38. The molecule has 0 saturated carbocycles. The van der Waals surface area contributed by atoms with Crippen molar-refractivity contribution in [2.45, 2.75) is 6.54 Å². The molecular weight excluding hydrogens is 340 g/mol. The van der Waals surface area contributed by atoms with E-state index in [-0.39, 0.29) is 11.7 Å². The average Bonchev–Trinajstić information content (AvgIpc) is 2.62. The molecule has 6 heteroatoms. The zero-order valence-corrected chi connectivity index (χ0v) is 14.7. The number of aromatic nitrogens is 1. The molecule has 0 N–H and O–H groups in total. The smallest absolute Gasteiger partial charge is 0.185 e. The third kappa shape index (κ3) is 3.67. The predicted molar refractivity (Wildman–Crippen MR) is 98.8 cm³/mol. The van der Waals surface area contributed by atoms with Crippen LogP contribution in [-0.4, -0.2) is 30.2 Å². The molecule has 3 aromatic rings. The molecule has 0 fully saturated rings. The maximum Gasteiger partial charge on any atom is 0.185 e. The topological polar surface area (TPSA) is 57.4 Å². The summed E-state index contributed by atoms with van der Waals surface area (Å²) in [7, 11) is 3.14. The van der Waals surface area contributed by atoms with Crippen LogP contribution in [0.15, 0.2) is 48.5 Å². The lowest BCUT2D eigenvalue weighted by Gasteiger charge is -2.11. The number of fused-ring (bicyclic) bond motifs is 1. The van der Waals surface area contributed by atoms with Gasteiger partial charge in [-0.05, 0) is 18.2 Å². The Bertz CT molecular complexity index is 927. The summed E-state index contributed by atoms with van der Waals surface area (Å²) in [5, 5.41) is 13.2. The summed E-state index contributed by atoms with van der Waals surface area (Å²) in [5.74, 6) is 1.22. The van der Waals surface area contributed by atoms with Crippen molar-refractivity contribution in [3.8, 4) is 11.5 Å². The van der Waals surface area contributed by atoms with Gasteiger partial charge in [-0.3, -0.25) is 0 Å². The molecule has 3 rings (SSSR count). The van der Waals surface area contributed by atoms with E-state index in [0.717, 1.165) is 15.7 Å². The summed E-state index contributed by atoms with van der Waals surface area (Å²) in [5.41, 5.74) is 2.02. The van der Waals surface area contributed by atoms with Crippen LogP contribution in [0.25, 0.3) is 10.9 Å². The van der Waals surface area contributed by atoms with Crippen molar-refractivity contribution in [3.05, 3.63) is 70.0 Å². The van der Waals surface area contributed by atoms with Crippen LogP contribution in [0.3, 0.4) is 0 Å². The Labute approximate surface area is 150 Å². The van der Waals surface area contributed by atoms with Crippen molar-refractivity contribution in [2.24, 2.45) is 0 Å². The first-order valence-corrected chi connectivity index (χ1v) is 8.04. The second kappa shape index (κ2) is 7.40. The summed E-state index contributed by atoms with van der Waals surface area (Å²) in [6.07, 6.45) is 1.43. The molecule has 0 saturated heterocycles. The molecule has 1 heterocycles. The average molecular weight is 357 g/mol. The van der Waals surface area contributed by atoms with Gasteiger partial charge in [-0.15, -0.1) is 0 Å². The maximum atomic E-state index is 12.3. The molecule has 0 bridgehead atoms. The van der Waals surface area contributed by atoms with Crippen LogP contribution in [0, 0.1) is 5.21 Å². The number of ether oxygens (including phenoxy) is 2. The van der Waals surface area contributed by atoms with E-state index in [1.165, 1.54) is 6.21 Å². The summed E-state index contributed by atoms with van der Waals surface area (Å²) >= 11 is 6.27. The maximum absolute atomic E-state index is 12.3. The highest BCUT2D eigenvalue weighted by molar-refractivity contribution is 6.32. The monoisotopic (exact) mass is 356 g/mol. The minimum Gasteiger partial charge on any atom is -0.624 e. The fraction of sp³-hybridized carbons (Fsp3) is 0.158. The molecule has 0 spiro atoms. The first-order chi connectivity index (χ1) is 12.1. The highest BCUT2D eigenvalue weighted by atomic mass is 35.5. The number of hydrogen-bond donors (Lipinski definition) is 0. The second-order valence-electron chi connectivity index (χ2n) is 5.42. The summed E-state index contributed by atoms with van der Waals surface area (Å²) in [6, 6.07) is 14.8. The molecule has 0 atom stereocenters. The largest absolute Gasteiger partial charge is 0.624 e. The molecule has 0 amide bonds. The van der Waals surface area contributed by atoms with Gasteiger partial charge >= 0.3 is 0 Å². The second-order valence-corrected chi connectivity index (χ2v) is 5.78. The van der Waals surface area contributed by atoms with Gasteiger partial charge in [0.2, 0.25) is 0 Å². The van der Waals surface area contributed by atoms with Gasteiger partial charge in [-0.2, -0.15) is 0 Å². The zero-order chi connectivity index (χ0) is 17.8. The van der Waals surface area contributed by atoms with Gasteiger partial charge in [-0.25, -0.2) is 9.72 Å². The van der Waals surface area contributed by atoms with E-state index < -0.39 is 0 Å². The Morgan fingerprint density at radius 1 is 1.08 bits per heavy atom. The highest BCUT2D eigenvalue weighted by Gasteiger charge is 2.14. The van der Waals surface area contributed by atoms with Crippen molar-refractivity contribution in [2.75, 3.05) is 14.2 Å². The quantitative estimate of drug-likeness (QED) is 0.228. The SMILES string of the molecule is COc1ccc(OC)c2nc(Cl)c(/C=[N+](\[O-])Cc3ccccc3)cc12. The standard InChI is InChI=1S/C19H17ClN2O3/c1-24-16-8-9-17(25-2)18-15(16)10-14(19(20)21-18)12-22(23)11-13-6-4-3-5-7-13/h3-10,12H,11H2,1-2H3/b22-12-. The lowest BCUT2D eigenvalue weighted by Crippen LogP contribution is -2.06. The number of hydroxylamine groups is 1. The molecule has 0 radical (unpaired) electrons. The lowest BCUT2D eigenvalue weighted by molar-refractivity contribution is -0.469. The summed E-state index contributed by atoms with van der Waals surface area (Å²) < 4.78 is 11.5. The zero-order valence-electron chi connectivity index (χ0n) is 13.9. The van der Waals surface area contributed by atoms with Crippen molar-refractivity contribution in [1.29, 1.82) is 0 Å². The third-order valence-electron chi connectivity index (χ3n) is 3.79. The molecule has 0 aliphatic rings. The number of pyridine rings is 1. The molecular formula is C19H17ClN2O3. The minimum absolute atomic E-state index is 0.227. The van der Waals surface area contributed by atoms with Crippen LogP contribution in [0.1, 0.15) is 11.1 Å². The number of rotatable bonds is 5. The number of halogens is 1. The number of nitrogens with zero attached hydrogens (tertiary/aromatic N) is 2. The van der Waals surface area contributed by atoms with Crippen LogP contribution in [0.4, 0.5) is 0 Å². The van der Waals surface area contributed by atoms with Gasteiger partial charge in [0, 0.05) is 10.9 Å². The first-order valence-electron chi connectivity index (χ1n) is 7.66. The van der Waals surface area contributed by atoms with Gasteiger partial charge < -0.3 is 14.7 Å². The fourth-order valence-corrected chi connectivity index (χ4v) is 2.79. The predicted octanol–water partition coefficient (Wildman–Crippen LogP) is 4.03. The van der Waals surface area contributed by atoms with Gasteiger partial charge in [0.25, 0.3) is 0 Å². The van der Waals surface area contributed by atoms with Crippen LogP contribution in [0.5, 0.6) is 11.5 Å². The molecule has 2 aromatic carbocycles. The van der Waals surface area contributed by atoms with Crippen molar-refractivity contribution >= 4 is 28.7 Å². The van der Waals surface area contributed by atoms with E-state index in [0.29, 0.717) is 22.6 Å². The van der Waals surface area contributed by atoms with E-state index >= 15 is 0 Å². The van der Waals surface area contributed by atoms with E-state index in [4.69, 9.17) is 21.1 Å². The molecule has 25 heavy (non-hydrogen) atoms. The van der Waals surface area contributed by atoms with Gasteiger partial charge in [0.1, 0.15) is 22.2 Å². The van der Waals surface area contributed by atoms with Gasteiger partial charge in [0.05, 0.1) is 19.8 Å². The van der Waals surface area contributed by atoms with Crippen LogP contribution >= 0.6 is 11.6 Å². The first kappa shape index (κ1) is 17.0. The van der Waals surface area contributed by atoms with E-state index in [2.05, 4.69) is 4.98 Å². The minimum atomic E-state index is 0.227. The van der Waals surface area contributed by atoms with Crippen LogP contribution < -0.4 is 9.47 Å². The molecule has 0 unspecified atom stereocenters. The molecule has 0 aliphatic heterocycles.